The highest BCUT2D eigenvalue weighted by Gasteiger charge is 2.11. The molecule has 1 rings (SSSR count). The minimum absolute atomic E-state index is 0.119. The van der Waals surface area contributed by atoms with E-state index in [1.807, 2.05) is 0 Å². The van der Waals surface area contributed by atoms with Crippen LogP contribution in [0, 0.1) is 5.92 Å². The maximum atomic E-state index is 11.5. The molecule has 1 atom stereocenters. The minimum atomic E-state index is -0.637. The molecule has 0 aliphatic heterocycles. The van der Waals surface area contributed by atoms with Gasteiger partial charge in [0.2, 0.25) is 11.9 Å². The highest BCUT2D eigenvalue weighted by molar-refractivity contribution is 5.90. The number of amides is 1. The van der Waals surface area contributed by atoms with E-state index in [0.29, 0.717) is 12.1 Å². The number of carbonyl (C=O) groups excluding carboxylic acids is 1. The zero-order chi connectivity index (χ0) is 15.0. The van der Waals surface area contributed by atoms with Crippen LogP contribution in [0.3, 0.4) is 0 Å². The lowest BCUT2D eigenvalue weighted by Crippen LogP contribution is -2.23. The van der Waals surface area contributed by atoms with E-state index in [4.69, 9.17) is 0 Å². The number of nitrogens with zero attached hydrogens (tertiary/aromatic N) is 2. The number of carbonyl (C=O) groups is 1. The zero-order valence-corrected chi connectivity index (χ0v) is 12.4. The van der Waals surface area contributed by atoms with E-state index in [0.717, 1.165) is 19.4 Å². The third-order valence-electron chi connectivity index (χ3n) is 2.86. The van der Waals surface area contributed by atoms with Crippen molar-refractivity contribution < 1.29 is 9.90 Å². The molecule has 1 aromatic heterocycles. The monoisotopic (exact) mass is 280 g/mol. The second-order valence-corrected chi connectivity index (χ2v) is 5.06. The van der Waals surface area contributed by atoms with E-state index in [1.165, 1.54) is 12.4 Å². The summed E-state index contributed by atoms with van der Waals surface area (Å²) in [5.74, 6) is 0.0183. The third-order valence-corrected chi connectivity index (χ3v) is 2.86. The van der Waals surface area contributed by atoms with Crippen LogP contribution in [0.1, 0.15) is 45.3 Å². The number of hydrogen-bond acceptors (Lipinski definition) is 5. The van der Waals surface area contributed by atoms with Crippen LogP contribution in [0.5, 0.6) is 0 Å². The average molecular weight is 280 g/mol. The zero-order valence-electron chi connectivity index (χ0n) is 12.4. The van der Waals surface area contributed by atoms with Crippen molar-refractivity contribution in [3.05, 3.63) is 18.0 Å². The van der Waals surface area contributed by atoms with Gasteiger partial charge in [0.1, 0.15) is 0 Å². The van der Waals surface area contributed by atoms with E-state index in [-0.39, 0.29) is 17.8 Å². The molecule has 1 heterocycles. The Balaban J connectivity index is 2.46. The summed E-state index contributed by atoms with van der Waals surface area (Å²) in [7, 11) is 0. The van der Waals surface area contributed by atoms with Crippen molar-refractivity contribution in [1.29, 1.82) is 0 Å². The number of aromatic nitrogens is 2. The Bertz CT molecular complexity index is 406. The maximum Gasteiger partial charge on any atom is 0.229 e. The first-order chi connectivity index (χ1) is 9.54. The van der Waals surface area contributed by atoms with Gasteiger partial charge < -0.3 is 10.4 Å². The fourth-order valence-electron chi connectivity index (χ4n) is 1.49. The Morgan fingerprint density at radius 3 is 2.55 bits per heavy atom. The molecule has 1 amide bonds. The van der Waals surface area contributed by atoms with E-state index in [9.17, 15) is 9.90 Å². The summed E-state index contributed by atoms with van der Waals surface area (Å²) in [5.41, 5.74) is 0.636. The predicted molar refractivity (Wildman–Crippen MR) is 78.2 cm³/mol. The minimum Gasteiger partial charge on any atom is -0.387 e. The molecule has 0 bridgehead atoms. The lowest BCUT2D eigenvalue weighted by atomic mass is 10.2. The first kappa shape index (κ1) is 16.5. The second-order valence-electron chi connectivity index (χ2n) is 5.06. The van der Waals surface area contributed by atoms with E-state index < -0.39 is 6.10 Å². The van der Waals surface area contributed by atoms with Crippen LogP contribution >= 0.6 is 0 Å². The summed E-state index contributed by atoms with van der Waals surface area (Å²) in [6.45, 7) is 7.08. The van der Waals surface area contributed by atoms with Crippen molar-refractivity contribution in [2.45, 2.75) is 39.7 Å². The molecule has 0 unspecified atom stereocenters. The molecule has 0 aliphatic carbocycles. The van der Waals surface area contributed by atoms with Crippen LogP contribution in [0.25, 0.3) is 0 Å². The van der Waals surface area contributed by atoms with Gasteiger partial charge in [-0.15, -0.1) is 0 Å². The van der Waals surface area contributed by atoms with E-state index >= 15 is 0 Å². The second kappa shape index (κ2) is 8.60. The highest BCUT2D eigenvalue weighted by atomic mass is 16.3. The number of hydrogen-bond donors (Lipinski definition) is 3. The van der Waals surface area contributed by atoms with Crippen LogP contribution in [-0.2, 0) is 4.79 Å². The Morgan fingerprint density at radius 2 is 2.00 bits per heavy atom. The first-order valence-corrected chi connectivity index (χ1v) is 7.06. The fraction of sp³-hybridized carbons (Fsp3) is 0.643. The molecular formula is C14H24N4O2. The summed E-state index contributed by atoms with van der Waals surface area (Å²) < 4.78 is 0. The fourth-order valence-corrected chi connectivity index (χ4v) is 1.49. The summed E-state index contributed by atoms with van der Waals surface area (Å²) >= 11 is 0. The number of rotatable bonds is 8. The molecule has 0 fully saturated rings. The first-order valence-electron chi connectivity index (χ1n) is 7.06. The Hall–Kier alpha value is -1.53. The van der Waals surface area contributed by atoms with Gasteiger partial charge in [0.25, 0.3) is 0 Å². The van der Waals surface area contributed by atoms with Crippen molar-refractivity contribution >= 4 is 11.9 Å². The molecule has 0 saturated heterocycles. The van der Waals surface area contributed by atoms with E-state index in [1.54, 1.807) is 13.8 Å². The van der Waals surface area contributed by atoms with Crippen molar-refractivity contribution in [2.75, 3.05) is 18.4 Å². The molecule has 3 N–H and O–H groups in total. The SMILES string of the molecule is CCCCNC[C@H](O)c1cnc(NC(=O)C(C)C)nc1. The third kappa shape index (κ3) is 5.63. The number of unbranched alkanes of at least 4 members (excludes halogenated alkanes) is 1. The van der Waals surface area contributed by atoms with Crippen LogP contribution < -0.4 is 10.6 Å². The predicted octanol–water partition coefficient (Wildman–Crippen LogP) is 1.49. The lowest BCUT2D eigenvalue weighted by molar-refractivity contribution is -0.118. The van der Waals surface area contributed by atoms with Crippen molar-refractivity contribution in [3.8, 4) is 0 Å². The van der Waals surface area contributed by atoms with Gasteiger partial charge in [-0.2, -0.15) is 0 Å². The molecule has 0 aromatic carbocycles. The van der Waals surface area contributed by atoms with Gasteiger partial charge in [-0.25, -0.2) is 9.97 Å². The Kier molecular flexibility index (Phi) is 7.11. The molecule has 6 nitrogen and oxygen atoms in total. The van der Waals surface area contributed by atoms with Gasteiger partial charge in [0.05, 0.1) is 6.10 Å². The quantitative estimate of drug-likeness (QED) is 0.628. The van der Waals surface area contributed by atoms with Crippen LogP contribution in [0.2, 0.25) is 0 Å². The number of nitrogens with one attached hydrogen (secondary N) is 2. The number of anilines is 1. The Morgan fingerprint density at radius 1 is 1.35 bits per heavy atom. The summed E-state index contributed by atoms with van der Waals surface area (Å²) in [4.78, 5) is 19.6. The normalized spacial score (nSPS) is 12.4. The number of aliphatic hydroxyl groups excluding tert-OH is 1. The molecule has 0 spiro atoms. The molecule has 1 aromatic rings. The maximum absolute atomic E-state index is 11.5. The van der Waals surface area contributed by atoms with Crippen molar-refractivity contribution in [2.24, 2.45) is 5.92 Å². The molecule has 20 heavy (non-hydrogen) atoms. The van der Waals surface area contributed by atoms with Crippen LogP contribution in [0.15, 0.2) is 12.4 Å². The molecular weight excluding hydrogens is 256 g/mol. The molecule has 0 aliphatic rings. The van der Waals surface area contributed by atoms with Crippen LogP contribution in [0.4, 0.5) is 5.95 Å². The number of aliphatic hydroxyl groups is 1. The largest absolute Gasteiger partial charge is 0.387 e. The van der Waals surface area contributed by atoms with Gasteiger partial charge in [0, 0.05) is 30.4 Å². The molecule has 0 radical (unpaired) electrons. The lowest BCUT2D eigenvalue weighted by Gasteiger charge is -2.12. The van der Waals surface area contributed by atoms with Gasteiger partial charge in [-0.05, 0) is 13.0 Å². The van der Waals surface area contributed by atoms with Gasteiger partial charge in [0.15, 0.2) is 0 Å². The molecule has 112 valence electrons. The average Bonchev–Trinajstić information content (AvgIpc) is 2.44. The summed E-state index contributed by atoms with van der Waals surface area (Å²) in [6, 6.07) is 0. The highest BCUT2D eigenvalue weighted by Crippen LogP contribution is 2.11. The Labute approximate surface area is 120 Å². The van der Waals surface area contributed by atoms with Gasteiger partial charge in [-0.1, -0.05) is 27.2 Å². The van der Waals surface area contributed by atoms with Crippen LogP contribution in [-0.4, -0.2) is 34.1 Å². The molecule has 6 heteroatoms. The smallest absolute Gasteiger partial charge is 0.229 e. The van der Waals surface area contributed by atoms with Gasteiger partial charge in [-0.3, -0.25) is 10.1 Å². The van der Waals surface area contributed by atoms with Crippen molar-refractivity contribution in [1.82, 2.24) is 15.3 Å². The van der Waals surface area contributed by atoms with Crippen molar-refractivity contribution in [3.63, 3.8) is 0 Å². The van der Waals surface area contributed by atoms with E-state index in [2.05, 4.69) is 27.5 Å². The molecule has 0 saturated carbocycles. The topological polar surface area (TPSA) is 87.1 Å². The standard InChI is InChI=1S/C14H24N4O2/c1-4-5-6-15-9-12(19)11-7-16-14(17-8-11)18-13(20)10(2)3/h7-8,10,12,15,19H,4-6,9H2,1-3H3,(H,16,17,18,20)/t12-/m0/s1. The summed E-state index contributed by atoms with van der Waals surface area (Å²) in [6.07, 6.45) is 4.64. The summed E-state index contributed by atoms with van der Waals surface area (Å²) in [5, 5.41) is 15.7. The van der Waals surface area contributed by atoms with Gasteiger partial charge >= 0.3 is 0 Å².